The molecule has 9 heteroatoms. The number of pyridine rings is 1. The first-order chi connectivity index (χ1) is 16.1. The second kappa shape index (κ2) is 9.50. The van der Waals surface area contributed by atoms with Gasteiger partial charge in [-0.15, -0.1) is 0 Å². The zero-order valence-corrected chi connectivity index (χ0v) is 20.0. The van der Waals surface area contributed by atoms with Gasteiger partial charge in [0.2, 0.25) is 0 Å². The van der Waals surface area contributed by atoms with Crippen molar-refractivity contribution in [3.63, 3.8) is 0 Å². The SMILES string of the molecule is CC(C)c1cccc(C(=O)NC23CCC(NC(=O)COc4ccc(Cl)c(F)c4)(CC2)C(O)C3)n1. The third-order valence-electron chi connectivity index (χ3n) is 6.94. The molecular weight excluding hydrogens is 461 g/mol. The summed E-state index contributed by atoms with van der Waals surface area (Å²) in [5.41, 5.74) is -0.0894. The molecule has 34 heavy (non-hydrogen) atoms. The van der Waals surface area contributed by atoms with E-state index in [1.165, 1.54) is 12.1 Å². The minimum atomic E-state index is -0.817. The fraction of sp³-hybridized carbons (Fsp3) is 0.480. The number of hydrogen-bond donors (Lipinski definition) is 3. The molecule has 0 saturated heterocycles. The molecular formula is C25H29ClFN3O4. The van der Waals surface area contributed by atoms with Crippen LogP contribution in [-0.4, -0.2) is 45.7 Å². The number of aliphatic hydroxyl groups is 1. The van der Waals surface area contributed by atoms with E-state index < -0.39 is 28.9 Å². The lowest BCUT2D eigenvalue weighted by atomic mass is 9.60. The van der Waals surface area contributed by atoms with E-state index in [0.29, 0.717) is 37.8 Å². The molecule has 1 atom stereocenters. The zero-order valence-electron chi connectivity index (χ0n) is 19.2. The molecule has 2 aromatic rings. The van der Waals surface area contributed by atoms with Gasteiger partial charge in [0.25, 0.3) is 11.8 Å². The Morgan fingerprint density at radius 3 is 2.59 bits per heavy atom. The Kier molecular flexibility index (Phi) is 6.82. The quantitative estimate of drug-likeness (QED) is 0.550. The number of carbonyl (C=O) groups excluding carboxylic acids is 2. The summed E-state index contributed by atoms with van der Waals surface area (Å²) >= 11 is 5.66. The number of aromatic nitrogens is 1. The highest BCUT2D eigenvalue weighted by Crippen LogP contribution is 2.47. The van der Waals surface area contributed by atoms with Crippen LogP contribution in [-0.2, 0) is 4.79 Å². The molecule has 1 unspecified atom stereocenters. The monoisotopic (exact) mass is 489 g/mol. The van der Waals surface area contributed by atoms with Gasteiger partial charge in [0.05, 0.1) is 16.7 Å². The third kappa shape index (κ3) is 5.03. The minimum absolute atomic E-state index is 0.0257. The predicted octanol–water partition coefficient (Wildman–Crippen LogP) is 3.74. The van der Waals surface area contributed by atoms with Crippen LogP contribution in [0.1, 0.15) is 68.1 Å². The van der Waals surface area contributed by atoms with Crippen molar-refractivity contribution < 1.29 is 23.8 Å². The first kappa shape index (κ1) is 24.4. The van der Waals surface area contributed by atoms with Crippen LogP contribution in [0, 0.1) is 5.82 Å². The summed E-state index contributed by atoms with van der Waals surface area (Å²) in [6, 6.07) is 9.37. The molecule has 0 aliphatic heterocycles. The summed E-state index contributed by atoms with van der Waals surface area (Å²) in [7, 11) is 0. The Labute approximate surface area is 203 Å². The van der Waals surface area contributed by atoms with Crippen molar-refractivity contribution in [2.24, 2.45) is 0 Å². The van der Waals surface area contributed by atoms with Crippen LogP contribution in [0.4, 0.5) is 4.39 Å². The van der Waals surface area contributed by atoms with Crippen molar-refractivity contribution >= 4 is 23.4 Å². The van der Waals surface area contributed by atoms with E-state index in [1.54, 1.807) is 6.07 Å². The average molecular weight is 490 g/mol. The fourth-order valence-electron chi connectivity index (χ4n) is 4.90. The number of benzene rings is 1. The molecule has 0 spiro atoms. The largest absolute Gasteiger partial charge is 0.484 e. The number of amides is 2. The minimum Gasteiger partial charge on any atom is -0.484 e. The molecule has 0 radical (unpaired) electrons. The molecule has 1 heterocycles. The van der Waals surface area contributed by atoms with Gasteiger partial charge in [0, 0.05) is 17.3 Å². The van der Waals surface area contributed by atoms with Crippen molar-refractivity contribution in [3.05, 3.63) is 58.6 Å². The van der Waals surface area contributed by atoms with E-state index in [9.17, 15) is 19.1 Å². The maximum absolute atomic E-state index is 13.6. The van der Waals surface area contributed by atoms with Gasteiger partial charge < -0.3 is 20.5 Å². The number of aliphatic hydroxyl groups excluding tert-OH is 1. The van der Waals surface area contributed by atoms with Crippen molar-refractivity contribution in [1.82, 2.24) is 15.6 Å². The molecule has 3 fully saturated rings. The highest BCUT2D eigenvalue weighted by molar-refractivity contribution is 6.30. The molecule has 5 rings (SSSR count). The van der Waals surface area contributed by atoms with Gasteiger partial charge in [-0.25, -0.2) is 9.37 Å². The van der Waals surface area contributed by atoms with Gasteiger partial charge in [0.1, 0.15) is 17.3 Å². The van der Waals surface area contributed by atoms with E-state index in [1.807, 2.05) is 26.0 Å². The van der Waals surface area contributed by atoms with Crippen molar-refractivity contribution in [2.45, 2.75) is 69.1 Å². The molecule has 3 aliphatic rings. The van der Waals surface area contributed by atoms with Gasteiger partial charge in [-0.05, 0) is 62.3 Å². The number of fused-ring (bicyclic) bond motifs is 3. The molecule has 1 aromatic carbocycles. The standard InChI is InChI=1S/C25H29ClFN3O4/c1-15(2)19-4-3-5-20(28-19)23(33)30-24-8-10-25(11-9-24,21(31)13-24)29-22(32)14-34-16-6-7-17(26)18(27)12-16/h3-7,12,15,21,31H,8-11,13-14H2,1-2H3,(H,29,32)(H,30,33). The lowest BCUT2D eigenvalue weighted by Crippen LogP contribution is -2.70. The van der Waals surface area contributed by atoms with E-state index in [4.69, 9.17) is 16.3 Å². The second-order valence-corrected chi connectivity index (χ2v) is 10.0. The summed E-state index contributed by atoms with van der Waals surface area (Å²) in [5.74, 6) is -0.875. The van der Waals surface area contributed by atoms with Crippen molar-refractivity contribution in [1.29, 1.82) is 0 Å². The maximum atomic E-state index is 13.6. The third-order valence-corrected chi connectivity index (χ3v) is 7.25. The number of carbonyl (C=O) groups is 2. The number of halogens is 2. The average Bonchev–Trinajstić information content (AvgIpc) is 2.81. The topological polar surface area (TPSA) is 101 Å². The Hall–Kier alpha value is -2.71. The van der Waals surface area contributed by atoms with E-state index >= 15 is 0 Å². The number of nitrogens with one attached hydrogen (secondary N) is 2. The Morgan fingerprint density at radius 1 is 1.21 bits per heavy atom. The second-order valence-electron chi connectivity index (χ2n) is 9.63. The van der Waals surface area contributed by atoms with Gasteiger partial charge in [-0.1, -0.05) is 31.5 Å². The van der Waals surface area contributed by atoms with E-state index in [2.05, 4.69) is 15.6 Å². The van der Waals surface area contributed by atoms with Crippen LogP contribution in [0.3, 0.4) is 0 Å². The Balaban J connectivity index is 1.35. The van der Waals surface area contributed by atoms with Gasteiger partial charge in [-0.2, -0.15) is 0 Å². The van der Waals surface area contributed by atoms with Crippen LogP contribution >= 0.6 is 11.6 Å². The van der Waals surface area contributed by atoms with Crippen LogP contribution in [0.5, 0.6) is 5.75 Å². The zero-order chi connectivity index (χ0) is 24.5. The first-order valence-electron chi connectivity index (χ1n) is 11.5. The molecule has 3 aliphatic carbocycles. The number of hydrogen-bond acceptors (Lipinski definition) is 5. The number of rotatable bonds is 7. The van der Waals surface area contributed by atoms with Gasteiger partial charge in [0.15, 0.2) is 6.61 Å². The molecule has 1 aromatic heterocycles. The van der Waals surface area contributed by atoms with Crippen LogP contribution in [0.25, 0.3) is 0 Å². The van der Waals surface area contributed by atoms with Gasteiger partial charge in [-0.3, -0.25) is 9.59 Å². The normalized spacial score (nSPS) is 25.8. The summed E-state index contributed by atoms with van der Waals surface area (Å²) in [5, 5.41) is 16.9. The first-order valence-corrected chi connectivity index (χ1v) is 11.9. The molecule has 2 amide bonds. The maximum Gasteiger partial charge on any atom is 0.270 e. The molecule has 3 saturated carbocycles. The fourth-order valence-corrected chi connectivity index (χ4v) is 5.01. The van der Waals surface area contributed by atoms with E-state index in [0.717, 1.165) is 11.8 Å². The molecule has 7 nitrogen and oxygen atoms in total. The Morgan fingerprint density at radius 2 is 1.94 bits per heavy atom. The predicted molar refractivity (Wildman–Crippen MR) is 125 cm³/mol. The lowest BCUT2D eigenvalue weighted by molar-refractivity contribution is -0.132. The van der Waals surface area contributed by atoms with Crippen molar-refractivity contribution in [2.75, 3.05) is 6.61 Å². The van der Waals surface area contributed by atoms with Crippen LogP contribution in [0.15, 0.2) is 36.4 Å². The highest BCUT2D eigenvalue weighted by atomic mass is 35.5. The summed E-state index contributed by atoms with van der Waals surface area (Å²) in [6.07, 6.45) is 1.82. The summed E-state index contributed by atoms with van der Waals surface area (Å²) < 4.78 is 18.9. The van der Waals surface area contributed by atoms with E-state index in [-0.39, 0.29) is 29.2 Å². The highest BCUT2D eigenvalue weighted by Gasteiger charge is 2.55. The smallest absolute Gasteiger partial charge is 0.270 e. The number of ether oxygens (including phenoxy) is 1. The van der Waals surface area contributed by atoms with Crippen LogP contribution < -0.4 is 15.4 Å². The molecule has 3 N–H and O–H groups in total. The lowest BCUT2D eigenvalue weighted by Gasteiger charge is -2.56. The summed E-state index contributed by atoms with van der Waals surface area (Å²) in [6.45, 7) is 3.73. The molecule has 2 bridgehead atoms. The summed E-state index contributed by atoms with van der Waals surface area (Å²) in [4.78, 5) is 29.9. The van der Waals surface area contributed by atoms with Gasteiger partial charge >= 0.3 is 0 Å². The Bertz CT molecular complexity index is 1090. The molecule has 182 valence electrons. The van der Waals surface area contributed by atoms with Crippen LogP contribution in [0.2, 0.25) is 5.02 Å². The number of nitrogens with zero attached hydrogens (tertiary/aromatic N) is 1. The van der Waals surface area contributed by atoms with Crippen molar-refractivity contribution in [3.8, 4) is 5.75 Å².